The quantitative estimate of drug-likeness (QED) is 0.250. The maximum Gasteiger partial charge on any atom is 0.302 e. The van der Waals surface area contributed by atoms with Crippen LogP contribution in [0.3, 0.4) is 0 Å². The molecule has 2 nitrogen and oxygen atoms in total. The van der Waals surface area contributed by atoms with Crippen LogP contribution in [0.4, 0.5) is 0 Å². The Bertz CT molecular complexity index is 269. The van der Waals surface area contributed by atoms with E-state index in [1.165, 1.54) is 45.4 Å². The second kappa shape index (κ2) is 14.4. The summed E-state index contributed by atoms with van der Waals surface area (Å²) in [5.74, 6) is -0.138. The number of allylic oxidation sites excluding steroid dienone is 3. The number of hydrogen-bond donors (Lipinski definition) is 0. The normalized spacial score (nSPS) is 12.5. The predicted molar refractivity (Wildman–Crippen MR) is 86.7 cm³/mol. The molecule has 0 saturated carbocycles. The highest BCUT2D eigenvalue weighted by molar-refractivity contribution is 5.66. The Balaban J connectivity index is 3.64. The lowest BCUT2D eigenvalue weighted by molar-refractivity contribution is -0.147. The Morgan fingerprint density at radius 1 is 1.10 bits per heavy atom. The van der Waals surface area contributed by atoms with E-state index in [4.69, 9.17) is 4.74 Å². The molecule has 1 unspecified atom stereocenters. The predicted octanol–water partition coefficient (Wildman–Crippen LogP) is 5.58. The molecule has 0 amide bonds. The number of carbonyl (C=O) groups is 1. The van der Waals surface area contributed by atoms with Crippen LogP contribution in [0, 0.1) is 0 Å². The van der Waals surface area contributed by atoms with E-state index in [2.05, 4.69) is 19.6 Å². The van der Waals surface area contributed by atoms with Crippen LogP contribution in [-0.4, -0.2) is 12.1 Å². The molecule has 0 bridgehead atoms. The van der Waals surface area contributed by atoms with Gasteiger partial charge in [-0.15, -0.1) is 0 Å². The average Bonchev–Trinajstić information content (AvgIpc) is 2.41. The Labute approximate surface area is 125 Å². The minimum atomic E-state index is -0.138. The van der Waals surface area contributed by atoms with E-state index >= 15 is 0 Å². The van der Waals surface area contributed by atoms with Gasteiger partial charge in [-0.1, -0.05) is 57.4 Å². The van der Waals surface area contributed by atoms with Crippen LogP contribution in [0.1, 0.15) is 78.1 Å². The molecule has 0 aromatic rings. The van der Waals surface area contributed by atoms with Crippen molar-refractivity contribution >= 4 is 5.97 Å². The molecule has 116 valence electrons. The molecule has 0 fully saturated rings. The first-order valence-electron chi connectivity index (χ1n) is 8.15. The van der Waals surface area contributed by atoms with E-state index < -0.39 is 0 Å². The zero-order valence-corrected chi connectivity index (χ0v) is 13.4. The van der Waals surface area contributed by atoms with Crippen molar-refractivity contribution in [2.45, 2.75) is 84.2 Å². The summed E-state index contributed by atoms with van der Waals surface area (Å²) >= 11 is 0. The van der Waals surface area contributed by atoms with Crippen LogP contribution < -0.4 is 0 Å². The van der Waals surface area contributed by atoms with Crippen molar-refractivity contribution in [1.29, 1.82) is 0 Å². The Morgan fingerprint density at radius 2 is 1.75 bits per heavy atom. The van der Waals surface area contributed by atoms with Crippen molar-refractivity contribution in [3.63, 3.8) is 0 Å². The lowest BCUT2D eigenvalue weighted by Crippen LogP contribution is -2.16. The van der Waals surface area contributed by atoms with Gasteiger partial charge in [0.1, 0.15) is 6.10 Å². The van der Waals surface area contributed by atoms with Gasteiger partial charge in [-0.3, -0.25) is 4.79 Å². The summed E-state index contributed by atoms with van der Waals surface area (Å²) in [5, 5.41) is 0. The van der Waals surface area contributed by atoms with Crippen LogP contribution in [0.2, 0.25) is 0 Å². The molecule has 0 heterocycles. The van der Waals surface area contributed by atoms with Crippen LogP contribution in [0.25, 0.3) is 0 Å². The zero-order valence-electron chi connectivity index (χ0n) is 13.4. The monoisotopic (exact) mass is 280 g/mol. The van der Waals surface area contributed by atoms with Gasteiger partial charge in [0.2, 0.25) is 0 Å². The van der Waals surface area contributed by atoms with Gasteiger partial charge in [0.05, 0.1) is 0 Å². The van der Waals surface area contributed by atoms with Crippen molar-refractivity contribution in [3.8, 4) is 0 Å². The molecular formula is C18H32O2. The van der Waals surface area contributed by atoms with Gasteiger partial charge in [0.15, 0.2) is 0 Å². The number of hydrogen-bond acceptors (Lipinski definition) is 2. The molecule has 0 aliphatic carbocycles. The van der Waals surface area contributed by atoms with Crippen molar-refractivity contribution in [2.24, 2.45) is 0 Å². The average molecular weight is 280 g/mol. The fraction of sp³-hybridized carbons (Fsp3) is 0.722. The van der Waals surface area contributed by atoms with Crippen molar-refractivity contribution < 1.29 is 9.53 Å². The maximum absolute atomic E-state index is 11.1. The molecule has 20 heavy (non-hydrogen) atoms. The highest BCUT2D eigenvalue weighted by Crippen LogP contribution is 2.15. The fourth-order valence-electron chi connectivity index (χ4n) is 2.30. The highest BCUT2D eigenvalue weighted by Gasteiger charge is 2.11. The van der Waals surface area contributed by atoms with Crippen molar-refractivity contribution in [3.05, 3.63) is 24.8 Å². The van der Waals surface area contributed by atoms with Gasteiger partial charge in [-0.05, 0) is 38.5 Å². The third-order valence-corrected chi connectivity index (χ3v) is 3.38. The van der Waals surface area contributed by atoms with Gasteiger partial charge < -0.3 is 4.74 Å². The molecule has 0 N–H and O–H groups in total. The van der Waals surface area contributed by atoms with Crippen LogP contribution in [-0.2, 0) is 9.53 Å². The first kappa shape index (κ1) is 18.9. The summed E-state index contributed by atoms with van der Waals surface area (Å²) in [4.78, 5) is 11.1. The number of esters is 1. The van der Waals surface area contributed by atoms with Gasteiger partial charge in [0.25, 0.3) is 0 Å². The van der Waals surface area contributed by atoms with Crippen molar-refractivity contribution in [2.75, 3.05) is 0 Å². The summed E-state index contributed by atoms with van der Waals surface area (Å²) in [6, 6.07) is 0. The topological polar surface area (TPSA) is 26.3 Å². The molecular weight excluding hydrogens is 248 g/mol. The molecule has 0 spiro atoms. The second-order valence-corrected chi connectivity index (χ2v) is 5.38. The lowest BCUT2D eigenvalue weighted by atomic mass is 10.0. The number of rotatable bonds is 13. The lowest BCUT2D eigenvalue weighted by Gasteiger charge is -2.16. The van der Waals surface area contributed by atoms with Crippen LogP contribution in [0.5, 0.6) is 0 Å². The Morgan fingerprint density at radius 3 is 2.35 bits per heavy atom. The smallest absolute Gasteiger partial charge is 0.302 e. The first-order valence-corrected chi connectivity index (χ1v) is 8.15. The van der Waals surface area contributed by atoms with Crippen molar-refractivity contribution in [1.82, 2.24) is 0 Å². The van der Waals surface area contributed by atoms with Gasteiger partial charge in [0, 0.05) is 6.92 Å². The summed E-state index contributed by atoms with van der Waals surface area (Å²) in [6.07, 6.45) is 17.8. The largest absolute Gasteiger partial charge is 0.463 e. The van der Waals surface area contributed by atoms with Gasteiger partial charge in [-0.2, -0.15) is 0 Å². The molecule has 0 aliphatic rings. The standard InChI is InChI=1S/C18H32O2/c1-4-6-8-9-10-11-12-14-16-18(20-17(3)19)15-13-7-5-2/h4,6,8,18H,1,5,7,9-16H2,2-3H3. The highest BCUT2D eigenvalue weighted by atomic mass is 16.5. The molecule has 0 saturated heterocycles. The van der Waals surface area contributed by atoms with E-state index in [0.29, 0.717) is 0 Å². The van der Waals surface area contributed by atoms with Gasteiger partial charge >= 0.3 is 5.97 Å². The zero-order chi connectivity index (χ0) is 15.1. The van der Waals surface area contributed by atoms with E-state index in [1.807, 2.05) is 12.2 Å². The third-order valence-electron chi connectivity index (χ3n) is 3.38. The summed E-state index contributed by atoms with van der Waals surface area (Å²) in [6.45, 7) is 7.36. The maximum atomic E-state index is 11.1. The molecule has 0 aromatic carbocycles. The number of ether oxygens (including phenoxy) is 1. The Hall–Kier alpha value is -1.05. The fourth-order valence-corrected chi connectivity index (χ4v) is 2.30. The third kappa shape index (κ3) is 13.4. The molecule has 2 heteroatoms. The number of unbranched alkanes of at least 4 members (excludes halogenated alkanes) is 6. The minimum Gasteiger partial charge on any atom is -0.463 e. The van der Waals surface area contributed by atoms with Crippen LogP contribution in [0.15, 0.2) is 24.8 Å². The minimum absolute atomic E-state index is 0.138. The number of carbonyl (C=O) groups excluding carboxylic acids is 1. The summed E-state index contributed by atoms with van der Waals surface area (Å²) in [5.41, 5.74) is 0. The molecule has 1 atom stereocenters. The molecule has 0 rings (SSSR count). The second-order valence-electron chi connectivity index (χ2n) is 5.38. The van der Waals surface area contributed by atoms with E-state index in [1.54, 1.807) is 0 Å². The molecule has 0 aromatic heterocycles. The van der Waals surface area contributed by atoms with E-state index in [0.717, 1.165) is 25.7 Å². The molecule has 0 radical (unpaired) electrons. The summed E-state index contributed by atoms with van der Waals surface area (Å²) in [7, 11) is 0. The van der Waals surface area contributed by atoms with E-state index in [-0.39, 0.29) is 12.1 Å². The SMILES string of the molecule is C=CC=CCCCCCCC(CCCCC)OC(C)=O. The molecule has 0 aliphatic heterocycles. The summed E-state index contributed by atoms with van der Waals surface area (Å²) < 4.78 is 5.40. The first-order chi connectivity index (χ1) is 9.70. The van der Waals surface area contributed by atoms with E-state index in [9.17, 15) is 4.79 Å². The van der Waals surface area contributed by atoms with Crippen LogP contribution >= 0.6 is 0 Å². The van der Waals surface area contributed by atoms with Gasteiger partial charge in [-0.25, -0.2) is 0 Å². The Kier molecular flexibility index (Phi) is 13.6.